The summed E-state index contributed by atoms with van der Waals surface area (Å²) in [6, 6.07) is 3.13. The molecule has 1 rings (SSSR count). The van der Waals surface area contributed by atoms with Gasteiger partial charge < -0.3 is 5.73 Å². The number of benzene rings is 1. The van der Waals surface area contributed by atoms with Crippen molar-refractivity contribution in [2.45, 2.75) is 31.7 Å². The fourth-order valence-electron chi connectivity index (χ4n) is 1.34. The summed E-state index contributed by atoms with van der Waals surface area (Å²) in [6.45, 7) is 5.39. The van der Waals surface area contributed by atoms with E-state index in [1.54, 1.807) is 6.92 Å². The highest BCUT2D eigenvalue weighted by Crippen LogP contribution is 2.26. The lowest BCUT2D eigenvalue weighted by molar-refractivity contribution is -0.387. The number of rotatable bonds is 5. The van der Waals surface area contributed by atoms with Gasteiger partial charge in [0.1, 0.15) is 0 Å². The predicted octanol–water partition coefficient (Wildman–Crippen LogP) is 1.50. The van der Waals surface area contributed by atoms with E-state index in [2.05, 4.69) is 4.72 Å². The summed E-state index contributed by atoms with van der Waals surface area (Å²) in [7, 11) is -3.97. The van der Waals surface area contributed by atoms with Crippen LogP contribution >= 0.6 is 0 Å². The number of hydrogen-bond donors (Lipinski definition) is 2. The number of nitrogens with zero attached hydrogens (tertiary/aromatic N) is 1. The molecule has 0 fully saturated rings. The summed E-state index contributed by atoms with van der Waals surface area (Å²) in [5.74, 6) is 0.0647. The molecule has 0 aliphatic heterocycles. The second kappa shape index (κ2) is 5.54. The quantitative estimate of drug-likeness (QED) is 0.483. The van der Waals surface area contributed by atoms with Crippen LogP contribution in [0.25, 0.3) is 0 Å². The third kappa shape index (κ3) is 3.65. The van der Waals surface area contributed by atoms with Crippen molar-refractivity contribution in [3.63, 3.8) is 0 Å². The Kier molecular flexibility index (Phi) is 4.48. The number of anilines is 1. The van der Waals surface area contributed by atoms with Crippen LogP contribution < -0.4 is 10.5 Å². The maximum Gasteiger partial charge on any atom is 0.289 e. The number of nitrogen functional groups attached to an aromatic ring is 1. The first-order chi connectivity index (χ1) is 8.65. The van der Waals surface area contributed by atoms with Crippen LogP contribution in [0.15, 0.2) is 23.1 Å². The number of nitro benzene ring substituents is 1. The maximum atomic E-state index is 12.2. The Labute approximate surface area is 112 Å². The van der Waals surface area contributed by atoms with E-state index in [0.29, 0.717) is 0 Å². The van der Waals surface area contributed by atoms with Crippen LogP contribution in [-0.2, 0) is 10.0 Å². The predicted molar refractivity (Wildman–Crippen MR) is 72.1 cm³/mol. The standard InChI is InChI=1S/C11H17N3O4S/c1-7(2)8(3)13-19(17,18)11-6-9(12)4-5-10(11)14(15)16/h4-8,13H,12H2,1-3H3. The van der Waals surface area contributed by atoms with E-state index >= 15 is 0 Å². The Morgan fingerprint density at radius 1 is 1.32 bits per heavy atom. The summed E-state index contributed by atoms with van der Waals surface area (Å²) >= 11 is 0. The highest BCUT2D eigenvalue weighted by atomic mass is 32.2. The van der Waals surface area contributed by atoms with Gasteiger partial charge in [-0.2, -0.15) is 0 Å². The van der Waals surface area contributed by atoms with Crippen LogP contribution in [0.3, 0.4) is 0 Å². The van der Waals surface area contributed by atoms with Gasteiger partial charge in [-0.05, 0) is 25.0 Å². The molecule has 1 unspecified atom stereocenters. The van der Waals surface area contributed by atoms with Gasteiger partial charge in [-0.15, -0.1) is 0 Å². The van der Waals surface area contributed by atoms with E-state index < -0.39 is 25.5 Å². The lowest BCUT2D eigenvalue weighted by atomic mass is 10.1. The minimum absolute atomic E-state index is 0.0647. The van der Waals surface area contributed by atoms with Crippen molar-refractivity contribution in [1.82, 2.24) is 4.72 Å². The molecule has 3 N–H and O–H groups in total. The Hall–Kier alpha value is -1.67. The molecule has 106 valence electrons. The summed E-state index contributed by atoms with van der Waals surface area (Å²) in [5, 5.41) is 10.9. The lowest BCUT2D eigenvalue weighted by Crippen LogP contribution is -2.36. The van der Waals surface area contributed by atoms with E-state index in [-0.39, 0.29) is 17.6 Å². The zero-order valence-electron chi connectivity index (χ0n) is 11.0. The number of nitro groups is 1. The van der Waals surface area contributed by atoms with Crippen LogP contribution in [0.5, 0.6) is 0 Å². The Morgan fingerprint density at radius 3 is 2.37 bits per heavy atom. The van der Waals surface area contributed by atoms with Crippen molar-refractivity contribution in [2.24, 2.45) is 5.92 Å². The third-order valence-electron chi connectivity index (χ3n) is 2.81. The zero-order valence-corrected chi connectivity index (χ0v) is 11.8. The number of sulfonamides is 1. The molecular weight excluding hydrogens is 270 g/mol. The van der Waals surface area contributed by atoms with Gasteiger partial charge in [0.2, 0.25) is 10.0 Å². The van der Waals surface area contributed by atoms with Gasteiger partial charge in [0.25, 0.3) is 5.69 Å². The molecule has 7 nitrogen and oxygen atoms in total. The molecule has 19 heavy (non-hydrogen) atoms. The molecular formula is C11H17N3O4S. The van der Waals surface area contributed by atoms with Gasteiger partial charge in [-0.3, -0.25) is 10.1 Å². The summed E-state index contributed by atoms with van der Waals surface area (Å²) < 4.78 is 26.7. The van der Waals surface area contributed by atoms with E-state index in [0.717, 1.165) is 12.1 Å². The van der Waals surface area contributed by atoms with E-state index in [9.17, 15) is 18.5 Å². The maximum absolute atomic E-state index is 12.2. The van der Waals surface area contributed by atoms with Crippen molar-refractivity contribution < 1.29 is 13.3 Å². The van der Waals surface area contributed by atoms with E-state index in [4.69, 9.17) is 5.73 Å². The van der Waals surface area contributed by atoms with Crippen LogP contribution in [0.1, 0.15) is 20.8 Å². The molecule has 1 aromatic carbocycles. The first kappa shape index (κ1) is 15.4. The molecule has 0 spiro atoms. The largest absolute Gasteiger partial charge is 0.399 e. The van der Waals surface area contributed by atoms with Gasteiger partial charge in [-0.25, -0.2) is 13.1 Å². The summed E-state index contributed by atoms with van der Waals surface area (Å²) in [4.78, 5) is 9.72. The Bertz CT molecular complexity index is 584. The average Bonchev–Trinajstić information content (AvgIpc) is 2.27. The van der Waals surface area contributed by atoms with Crippen molar-refractivity contribution in [3.05, 3.63) is 28.3 Å². The third-order valence-corrected chi connectivity index (χ3v) is 4.40. The Balaban J connectivity index is 3.28. The van der Waals surface area contributed by atoms with Crippen LogP contribution in [0.4, 0.5) is 11.4 Å². The summed E-state index contributed by atoms with van der Waals surface area (Å²) in [6.07, 6.45) is 0. The molecule has 0 aliphatic carbocycles. The van der Waals surface area contributed by atoms with Gasteiger partial charge in [-0.1, -0.05) is 13.8 Å². The molecule has 0 saturated heterocycles. The molecule has 0 bridgehead atoms. The van der Waals surface area contributed by atoms with E-state index in [1.165, 1.54) is 6.07 Å². The minimum Gasteiger partial charge on any atom is -0.399 e. The van der Waals surface area contributed by atoms with Gasteiger partial charge in [0.15, 0.2) is 4.90 Å². The first-order valence-corrected chi connectivity index (χ1v) is 7.19. The molecule has 0 amide bonds. The molecule has 8 heteroatoms. The van der Waals surface area contributed by atoms with Crippen LogP contribution in [0, 0.1) is 16.0 Å². The fourth-order valence-corrected chi connectivity index (χ4v) is 2.94. The molecule has 0 radical (unpaired) electrons. The first-order valence-electron chi connectivity index (χ1n) is 5.71. The van der Waals surface area contributed by atoms with Crippen molar-refractivity contribution >= 4 is 21.4 Å². The molecule has 0 aromatic heterocycles. The smallest absolute Gasteiger partial charge is 0.289 e. The second-order valence-electron chi connectivity index (χ2n) is 4.64. The molecule has 0 saturated carbocycles. The van der Waals surface area contributed by atoms with Crippen LogP contribution in [0.2, 0.25) is 0 Å². The highest BCUT2D eigenvalue weighted by Gasteiger charge is 2.27. The number of nitrogens with one attached hydrogen (secondary N) is 1. The molecule has 0 heterocycles. The Morgan fingerprint density at radius 2 is 1.89 bits per heavy atom. The van der Waals surface area contributed by atoms with Gasteiger partial charge >= 0.3 is 0 Å². The lowest BCUT2D eigenvalue weighted by Gasteiger charge is -2.17. The van der Waals surface area contributed by atoms with E-state index in [1.807, 2.05) is 13.8 Å². The monoisotopic (exact) mass is 287 g/mol. The number of nitrogens with two attached hydrogens (primary N) is 1. The number of hydrogen-bond acceptors (Lipinski definition) is 5. The summed E-state index contributed by atoms with van der Waals surface area (Å²) in [5.41, 5.74) is 5.17. The fraction of sp³-hybridized carbons (Fsp3) is 0.455. The van der Waals surface area contributed by atoms with Crippen LogP contribution in [-0.4, -0.2) is 19.4 Å². The molecule has 1 aromatic rings. The zero-order chi connectivity index (χ0) is 14.8. The highest BCUT2D eigenvalue weighted by molar-refractivity contribution is 7.89. The van der Waals surface area contributed by atoms with Crippen molar-refractivity contribution in [1.29, 1.82) is 0 Å². The molecule has 1 atom stereocenters. The SMILES string of the molecule is CC(C)C(C)NS(=O)(=O)c1cc(N)ccc1[N+](=O)[O-]. The topological polar surface area (TPSA) is 115 Å². The van der Waals surface area contributed by atoms with Gasteiger partial charge in [0.05, 0.1) is 4.92 Å². The van der Waals surface area contributed by atoms with Crippen molar-refractivity contribution in [3.8, 4) is 0 Å². The van der Waals surface area contributed by atoms with Crippen molar-refractivity contribution in [2.75, 3.05) is 5.73 Å². The average molecular weight is 287 g/mol. The normalized spacial score (nSPS) is 13.5. The second-order valence-corrected chi connectivity index (χ2v) is 6.32. The molecule has 0 aliphatic rings. The minimum atomic E-state index is -3.97. The van der Waals surface area contributed by atoms with Gasteiger partial charge in [0, 0.05) is 17.8 Å².